The van der Waals surface area contributed by atoms with Crippen molar-refractivity contribution in [3.8, 4) is 5.75 Å². The van der Waals surface area contributed by atoms with E-state index in [-0.39, 0.29) is 10.6 Å². The Morgan fingerprint density at radius 2 is 1.70 bits per heavy atom. The Bertz CT molecular complexity index is 679. The molecule has 0 saturated heterocycles. The molecule has 0 aliphatic rings. The van der Waals surface area contributed by atoms with Gasteiger partial charge in [0.15, 0.2) is 0 Å². The normalized spacial score (nSPS) is 11.2. The van der Waals surface area contributed by atoms with Crippen LogP contribution in [0.4, 0.5) is 5.69 Å². The number of hydrogen-bond donors (Lipinski definition) is 2. The van der Waals surface area contributed by atoms with Gasteiger partial charge in [-0.1, -0.05) is 31.5 Å². The maximum absolute atomic E-state index is 12.3. The van der Waals surface area contributed by atoms with E-state index in [0.717, 1.165) is 18.4 Å². The van der Waals surface area contributed by atoms with Gasteiger partial charge in [0.1, 0.15) is 5.75 Å². The van der Waals surface area contributed by atoms with Crippen LogP contribution in [0.3, 0.4) is 0 Å². The monoisotopic (exact) mass is 291 g/mol. The van der Waals surface area contributed by atoms with Crippen LogP contribution in [-0.4, -0.2) is 13.5 Å². The first-order chi connectivity index (χ1) is 9.53. The summed E-state index contributed by atoms with van der Waals surface area (Å²) >= 11 is 0. The van der Waals surface area contributed by atoms with Crippen molar-refractivity contribution in [3.63, 3.8) is 0 Å². The summed E-state index contributed by atoms with van der Waals surface area (Å²) in [6, 6.07) is 12.8. The van der Waals surface area contributed by atoms with Crippen LogP contribution in [0.1, 0.15) is 18.9 Å². The highest BCUT2D eigenvalue weighted by molar-refractivity contribution is 7.92. The molecule has 106 valence electrons. The Morgan fingerprint density at radius 3 is 2.35 bits per heavy atom. The lowest BCUT2D eigenvalue weighted by molar-refractivity contribution is 0.475. The number of aryl methyl sites for hydroxylation is 1. The van der Waals surface area contributed by atoms with Gasteiger partial charge >= 0.3 is 0 Å². The van der Waals surface area contributed by atoms with Gasteiger partial charge in [-0.25, -0.2) is 8.42 Å². The van der Waals surface area contributed by atoms with Crippen LogP contribution in [-0.2, 0) is 16.4 Å². The topological polar surface area (TPSA) is 66.4 Å². The van der Waals surface area contributed by atoms with Gasteiger partial charge < -0.3 is 5.11 Å². The number of phenolic OH excluding ortho intramolecular Hbond substituents is 1. The maximum atomic E-state index is 12.3. The summed E-state index contributed by atoms with van der Waals surface area (Å²) in [7, 11) is -3.63. The summed E-state index contributed by atoms with van der Waals surface area (Å²) in [5, 5.41) is 9.21. The molecule has 0 heterocycles. The Kier molecular flexibility index (Phi) is 4.29. The fourth-order valence-electron chi connectivity index (χ4n) is 1.94. The third kappa shape index (κ3) is 3.30. The zero-order chi connectivity index (χ0) is 14.6. The van der Waals surface area contributed by atoms with Crippen molar-refractivity contribution in [1.82, 2.24) is 0 Å². The van der Waals surface area contributed by atoms with Crippen molar-refractivity contribution < 1.29 is 13.5 Å². The molecule has 0 aliphatic heterocycles. The summed E-state index contributed by atoms with van der Waals surface area (Å²) in [4.78, 5) is 0.126. The summed E-state index contributed by atoms with van der Waals surface area (Å²) in [6.45, 7) is 2.05. The minimum absolute atomic E-state index is 0.0373. The largest absolute Gasteiger partial charge is 0.508 e. The van der Waals surface area contributed by atoms with Gasteiger partial charge in [0, 0.05) is 0 Å². The summed E-state index contributed by atoms with van der Waals surface area (Å²) in [5.41, 5.74) is 1.57. The van der Waals surface area contributed by atoms with E-state index in [2.05, 4.69) is 4.72 Å². The molecule has 0 radical (unpaired) electrons. The molecular formula is C15H17NO3S. The fourth-order valence-corrected chi connectivity index (χ4v) is 3.04. The van der Waals surface area contributed by atoms with Crippen LogP contribution >= 0.6 is 0 Å². The molecule has 0 aromatic heterocycles. The van der Waals surface area contributed by atoms with Crippen molar-refractivity contribution in [2.45, 2.75) is 24.7 Å². The number of benzene rings is 2. The van der Waals surface area contributed by atoms with E-state index < -0.39 is 10.0 Å². The number of sulfonamides is 1. The number of aromatic hydroxyl groups is 1. The van der Waals surface area contributed by atoms with Crippen molar-refractivity contribution in [2.24, 2.45) is 0 Å². The molecule has 0 bridgehead atoms. The number of anilines is 1. The van der Waals surface area contributed by atoms with Gasteiger partial charge in [0.25, 0.3) is 10.0 Å². The van der Waals surface area contributed by atoms with Crippen molar-refractivity contribution in [2.75, 3.05) is 4.72 Å². The molecule has 0 fully saturated rings. The highest BCUT2D eigenvalue weighted by Crippen LogP contribution is 2.22. The second kappa shape index (κ2) is 5.96. The van der Waals surface area contributed by atoms with E-state index in [1.54, 1.807) is 12.1 Å². The molecule has 0 atom stereocenters. The van der Waals surface area contributed by atoms with Gasteiger partial charge in [0.05, 0.1) is 10.6 Å². The molecule has 2 aromatic rings. The van der Waals surface area contributed by atoms with E-state index in [1.807, 2.05) is 19.1 Å². The lowest BCUT2D eigenvalue weighted by atomic mass is 10.1. The van der Waals surface area contributed by atoms with Crippen LogP contribution in [0.15, 0.2) is 53.4 Å². The molecule has 2 N–H and O–H groups in total. The first kappa shape index (κ1) is 14.4. The summed E-state index contributed by atoms with van der Waals surface area (Å²) in [5.74, 6) is 0.0373. The van der Waals surface area contributed by atoms with E-state index in [0.29, 0.717) is 5.69 Å². The van der Waals surface area contributed by atoms with Crippen LogP contribution in [0.2, 0.25) is 0 Å². The first-order valence-corrected chi connectivity index (χ1v) is 7.91. The molecule has 0 spiro atoms. The Morgan fingerprint density at radius 1 is 1.05 bits per heavy atom. The molecule has 0 amide bonds. The predicted octanol–water partition coefficient (Wildman–Crippen LogP) is 3.15. The minimum Gasteiger partial charge on any atom is -0.508 e. The number of nitrogens with one attached hydrogen (secondary N) is 1. The molecule has 0 saturated carbocycles. The summed E-state index contributed by atoms with van der Waals surface area (Å²) < 4.78 is 27.2. The molecule has 5 heteroatoms. The smallest absolute Gasteiger partial charge is 0.261 e. The van der Waals surface area contributed by atoms with E-state index in [1.165, 1.54) is 24.3 Å². The zero-order valence-electron chi connectivity index (χ0n) is 11.2. The lowest BCUT2D eigenvalue weighted by Gasteiger charge is -2.12. The third-order valence-electron chi connectivity index (χ3n) is 2.93. The second-order valence-electron chi connectivity index (χ2n) is 4.51. The number of rotatable bonds is 5. The number of phenols is 1. The maximum Gasteiger partial charge on any atom is 0.261 e. The van der Waals surface area contributed by atoms with Crippen LogP contribution in [0, 0.1) is 0 Å². The quantitative estimate of drug-likeness (QED) is 0.889. The van der Waals surface area contributed by atoms with Gasteiger partial charge in [-0.3, -0.25) is 4.72 Å². The van der Waals surface area contributed by atoms with Gasteiger partial charge in [-0.2, -0.15) is 0 Å². The molecule has 0 aliphatic carbocycles. The highest BCUT2D eigenvalue weighted by Gasteiger charge is 2.15. The molecular weight excluding hydrogens is 274 g/mol. The number of hydrogen-bond acceptors (Lipinski definition) is 3. The van der Waals surface area contributed by atoms with Crippen molar-refractivity contribution >= 4 is 15.7 Å². The minimum atomic E-state index is -3.63. The highest BCUT2D eigenvalue weighted by atomic mass is 32.2. The van der Waals surface area contributed by atoms with Crippen molar-refractivity contribution in [1.29, 1.82) is 0 Å². The first-order valence-electron chi connectivity index (χ1n) is 6.42. The molecule has 2 rings (SSSR count). The average molecular weight is 291 g/mol. The summed E-state index contributed by atoms with van der Waals surface area (Å²) in [6.07, 6.45) is 1.76. The molecule has 20 heavy (non-hydrogen) atoms. The number of para-hydroxylation sites is 1. The zero-order valence-corrected chi connectivity index (χ0v) is 12.0. The average Bonchev–Trinajstić information content (AvgIpc) is 2.41. The van der Waals surface area contributed by atoms with Crippen LogP contribution < -0.4 is 4.72 Å². The van der Waals surface area contributed by atoms with Crippen molar-refractivity contribution in [3.05, 3.63) is 54.1 Å². The van der Waals surface area contributed by atoms with E-state index >= 15 is 0 Å². The molecule has 4 nitrogen and oxygen atoms in total. The van der Waals surface area contributed by atoms with E-state index in [9.17, 15) is 13.5 Å². The van der Waals surface area contributed by atoms with E-state index in [4.69, 9.17) is 0 Å². The predicted molar refractivity (Wildman–Crippen MR) is 79.4 cm³/mol. The second-order valence-corrected chi connectivity index (χ2v) is 6.19. The lowest BCUT2D eigenvalue weighted by Crippen LogP contribution is -2.14. The van der Waals surface area contributed by atoms with Gasteiger partial charge in [-0.15, -0.1) is 0 Å². The molecule has 2 aromatic carbocycles. The third-order valence-corrected chi connectivity index (χ3v) is 4.31. The fraction of sp³-hybridized carbons (Fsp3) is 0.200. The Balaban J connectivity index is 2.31. The molecule has 0 unspecified atom stereocenters. The van der Waals surface area contributed by atoms with Gasteiger partial charge in [0.2, 0.25) is 0 Å². The van der Waals surface area contributed by atoms with Crippen LogP contribution in [0.5, 0.6) is 5.75 Å². The standard InChI is InChI=1S/C15H17NO3S/c1-2-5-12-6-3-4-7-15(12)16-20(18,19)14-10-8-13(17)9-11-14/h3-4,6-11,16-17H,2,5H2,1H3. The van der Waals surface area contributed by atoms with Gasteiger partial charge in [-0.05, 0) is 42.3 Å². The SMILES string of the molecule is CCCc1ccccc1NS(=O)(=O)c1ccc(O)cc1. The Labute approximate surface area is 119 Å². The van der Waals surface area contributed by atoms with Crippen LogP contribution in [0.25, 0.3) is 0 Å². The Hall–Kier alpha value is -2.01.